The minimum Gasteiger partial charge on any atom is -0.354 e. The fraction of sp³-hybridized carbons (Fsp3) is 0.412. The maximum atomic E-state index is 13.2. The van der Waals surface area contributed by atoms with Crippen molar-refractivity contribution >= 4 is 11.6 Å². The second-order valence-corrected chi connectivity index (χ2v) is 6.74. The summed E-state index contributed by atoms with van der Waals surface area (Å²) < 4.78 is 46.2. The smallest absolute Gasteiger partial charge is 0.354 e. The van der Waals surface area contributed by atoms with Gasteiger partial charge in [-0.3, -0.25) is 4.79 Å². The third-order valence-corrected chi connectivity index (χ3v) is 4.61. The van der Waals surface area contributed by atoms with Gasteiger partial charge in [0.25, 0.3) is 5.91 Å². The number of fused-ring (bicyclic) bond motifs is 1. The van der Waals surface area contributed by atoms with Crippen LogP contribution < -0.4 is 5.32 Å². The number of nitrogens with one attached hydrogen (secondary N) is 1. The molecule has 1 saturated carbocycles. The van der Waals surface area contributed by atoms with Crippen LogP contribution in [0.2, 0.25) is 0 Å². The molecular formula is C17H16F3N5O2. The van der Waals surface area contributed by atoms with Crippen LogP contribution in [-0.2, 0) is 0 Å². The van der Waals surface area contributed by atoms with Crippen LogP contribution in [0.5, 0.6) is 0 Å². The molecule has 1 amide bonds. The van der Waals surface area contributed by atoms with Gasteiger partial charge >= 0.3 is 6.18 Å². The Hall–Kier alpha value is -2.91. The lowest BCUT2D eigenvalue weighted by Crippen LogP contribution is -2.46. The average Bonchev–Trinajstić information content (AvgIpc) is 3.17. The topological polar surface area (TPSA) is 85.3 Å². The molecule has 3 aromatic heterocycles. The first kappa shape index (κ1) is 17.5. The molecule has 10 heteroatoms. The van der Waals surface area contributed by atoms with Gasteiger partial charge in [0.1, 0.15) is 17.3 Å². The van der Waals surface area contributed by atoms with Crippen LogP contribution in [0.1, 0.15) is 34.5 Å². The van der Waals surface area contributed by atoms with Crippen LogP contribution in [0.15, 0.2) is 23.0 Å². The Balaban J connectivity index is 1.72. The Bertz CT molecular complexity index is 1020. The summed E-state index contributed by atoms with van der Waals surface area (Å²) in [6.45, 7) is 3.54. The molecule has 1 aliphatic rings. The Labute approximate surface area is 151 Å². The highest BCUT2D eigenvalue weighted by Gasteiger charge is 2.49. The molecule has 1 aliphatic carbocycles. The molecule has 0 bridgehead atoms. The molecule has 3 heterocycles. The van der Waals surface area contributed by atoms with E-state index in [2.05, 4.69) is 20.6 Å². The van der Waals surface area contributed by atoms with E-state index in [4.69, 9.17) is 4.52 Å². The SMILES string of the molecule is Cc1cnoc1-c1cc(C)n2ncc(C(=O)N[C@H](C3CC3)C(F)(F)F)c2n1. The number of carbonyl (C=O) groups excluding carboxylic acids is 1. The molecule has 7 nitrogen and oxygen atoms in total. The molecule has 1 N–H and O–H groups in total. The molecule has 0 unspecified atom stereocenters. The van der Waals surface area contributed by atoms with E-state index >= 15 is 0 Å². The van der Waals surface area contributed by atoms with Gasteiger partial charge in [0.15, 0.2) is 11.4 Å². The van der Waals surface area contributed by atoms with E-state index in [1.165, 1.54) is 16.9 Å². The Morgan fingerprint density at radius 3 is 2.67 bits per heavy atom. The van der Waals surface area contributed by atoms with Crippen molar-refractivity contribution in [3.63, 3.8) is 0 Å². The average molecular weight is 379 g/mol. The summed E-state index contributed by atoms with van der Waals surface area (Å²) in [5.41, 5.74) is 1.98. The predicted molar refractivity (Wildman–Crippen MR) is 88.0 cm³/mol. The fourth-order valence-electron chi connectivity index (χ4n) is 3.04. The second kappa shape index (κ2) is 6.07. The molecule has 0 spiro atoms. The first-order chi connectivity index (χ1) is 12.8. The number of alkyl halides is 3. The summed E-state index contributed by atoms with van der Waals surface area (Å²) in [7, 11) is 0. The molecular weight excluding hydrogens is 363 g/mol. The van der Waals surface area contributed by atoms with E-state index in [0.717, 1.165) is 5.56 Å². The Morgan fingerprint density at radius 1 is 1.33 bits per heavy atom. The number of hydrogen-bond acceptors (Lipinski definition) is 5. The van der Waals surface area contributed by atoms with Crippen molar-refractivity contribution in [3.8, 4) is 11.5 Å². The molecule has 1 atom stereocenters. The van der Waals surface area contributed by atoms with Gasteiger partial charge in [-0.1, -0.05) is 5.16 Å². The van der Waals surface area contributed by atoms with E-state index in [-0.39, 0.29) is 11.2 Å². The molecule has 0 saturated heterocycles. The number of nitrogens with zero attached hydrogens (tertiary/aromatic N) is 4. The van der Waals surface area contributed by atoms with Crippen molar-refractivity contribution in [1.29, 1.82) is 0 Å². The van der Waals surface area contributed by atoms with Crippen LogP contribution in [0.3, 0.4) is 0 Å². The monoisotopic (exact) mass is 379 g/mol. The van der Waals surface area contributed by atoms with E-state index in [0.29, 0.717) is 30.0 Å². The van der Waals surface area contributed by atoms with Gasteiger partial charge in [0.2, 0.25) is 0 Å². The third kappa shape index (κ3) is 3.15. The molecule has 0 radical (unpaired) electrons. The summed E-state index contributed by atoms with van der Waals surface area (Å²) in [4.78, 5) is 16.9. The van der Waals surface area contributed by atoms with Gasteiger partial charge in [-0.15, -0.1) is 0 Å². The van der Waals surface area contributed by atoms with Gasteiger partial charge in [-0.25, -0.2) is 9.50 Å². The minimum atomic E-state index is -4.49. The number of hydrogen-bond donors (Lipinski definition) is 1. The highest BCUT2D eigenvalue weighted by molar-refractivity contribution is 6.00. The molecule has 4 rings (SSSR count). The summed E-state index contributed by atoms with van der Waals surface area (Å²) in [5.74, 6) is -0.991. The summed E-state index contributed by atoms with van der Waals surface area (Å²) >= 11 is 0. The molecule has 0 aliphatic heterocycles. The second-order valence-electron chi connectivity index (χ2n) is 6.74. The van der Waals surface area contributed by atoms with Crippen molar-refractivity contribution in [2.24, 2.45) is 5.92 Å². The number of rotatable bonds is 4. The highest BCUT2D eigenvalue weighted by Crippen LogP contribution is 2.40. The third-order valence-electron chi connectivity index (χ3n) is 4.61. The van der Waals surface area contributed by atoms with E-state index in [9.17, 15) is 18.0 Å². The van der Waals surface area contributed by atoms with Gasteiger partial charge in [0, 0.05) is 11.3 Å². The van der Waals surface area contributed by atoms with Crippen molar-refractivity contribution in [1.82, 2.24) is 25.1 Å². The first-order valence-corrected chi connectivity index (χ1v) is 8.40. The quantitative estimate of drug-likeness (QED) is 0.753. The molecule has 3 aromatic rings. The largest absolute Gasteiger partial charge is 0.408 e. The zero-order valence-corrected chi connectivity index (χ0v) is 14.5. The van der Waals surface area contributed by atoms with Crippen molar-refractivity contribution in [2.75, 3.05) is 0 Å². The van der Waals surface area contributed by atoms with Crippen molar-refractivity contribution in [3.05, 3.63) is 35.3 Å². The number of carbonyl (C=O) groups is 1. The number of aryl methyl sites for hydroxylation is 2. The van der Waals surface area contributed by atoms with Crippen LogP contribution >= 0.6 is 0 Å². The highest BCUT2D eigenvalue weighted by atomic mass is 19.4. The molecule has 1 fully saturated rings. The molecule has 142 valence electrons. The Morgan fingerprint density at radius 2 is 2.07 bits per heavy atom. The maximum Gasteiger partial charge on any atom is 0.408 e. The van der Waals surface area contributed by atoms with Crippen LogP contribution in [0, 0.1) is 19.8 Å². The lowest BCUT2D eigenvalue weighted by atomic mass is 10.1. The van der Waals surface area contributed by atoms with Crippen molar-refractivity contribution in [2.45, 2.75) is 38.9 Å². The zero-order valence-electron chi connectivity index (χ0n) is 14.5. The normalized spacial score (nSPS) is 15.9. The van der Waals surface area contributed by atoms with Crippen LogP contribution in [0.4, 0.5) is 13.2 Å². The fourth-order valence-corrected chi connectivity index (χ4v) is 3.04. The van der Waals surface area contributed by atoms with Gasteiger partial charge in [-0.05, 0) is 38.7 Å². The predicted octanol–water partition coefficient (Wildman–Crippen LogP) is 3.07. The maximum absolute atomic E-state index is 13.2. The molecule has 0 aromatic carbocycles. The van der Waals surface area contributed by atoms with Crippen molar-refractivity contribution < 1.29 is 22.5 Å². The van der Waals surface area contributed by atoms with Gasteiger partial charge in [-0.2, -0.15) is 18.3 Å². The lowest BCUT2D eigenvalue weighted by Gasteiger charge is -2.20. The Kier molecular flexibility index (Phi) is 3.93. The number of aromatic nitrogens is 4. The molecule has 27 heavy (non-hydrogen) atoms. The first-order valence-electron chi connectivity index (χ1n) is 8.40. The van der Waals surface area contributed by atoms with Crippen LogP contribution in [-0.4, -0.2) is 37.9 Å². The minimum absolute atomic E-state index is 0.0213. The summed E-state index contributed by atoms with van der Waals surface area (Å²) in [5, 5.41) is 9.89. The van der Waals surface area contributed by atoms with E-state index in [1.54, 1.807) is 19.9 Å². The van der Waals surface area contributed by atoms with Crippen LogP contribution in [0.25, 0.3) is 17.1 Å². The van der Waals surface area contributed by atoms with Gasteiger partial charge < -0.3 is 9.84 Å². The number of amides is 1. The van der Waals surface area contributed by atoms with Gasteiger partial charge in [0.05, 0.1) is 12.4 Å². The number of halogens is 3. The standard InChI is InChI=1S/C17H16F3N5O2/c1-8-6-22-27-13(8)12-5-9(2)25-15(23-12)11(7-21-25)16(26)24-14(10-3-4-10)17(18,19)20/h5-7,10,14H,3-4H2,1-2H3,(H,24,26)/t14-/m1/s1. The van der Waals surface area contributed by atoms with E-state index in [1.807, 2.05) is 0 Å². The summed E-state index contributed by atoms with van der Waals surface area (Å²) in [6.07, 6.45) is -0.839. The summed E-state index contributed by atoms with van der Waals surface area (Å²) in [6, 6.07) is -0.154. The lowest BCUT2D eigenvalue weighted by molar-refractivity contribution is -0.158. The van der Waals surface area contributed by atoms with E-state index < -0.39 is 24.0 Å². The zero-order chi connectivity index (χ0) is 19.3.